The number of nitrogens with zero attached hydrogens (tertiary/aromatic N) is 5. The standard InChI is InChI=1S/C23H17F5N6O2/c1-12(16-4-3-5-17(20(16)25)23(26,27)28)31-21(35)14-7-18(24)22(36)34(11-14)15-6-13(8-29-9-15)19-10-30-32-33(19)2/h3-12H,1-2H3,(H,31,35)/t12-/m1/s1. The second-order valence-corrected chi connectivity index (χ2v) is 7.83. The Labute approximate surface area is 200 Å². The molecule has 3 heterocycles. The van der Waals surface area contributed by atoms with Gasteiger partial charge in [0.25, 0.3) is 11.5 Å². The third-order valence-electron chi connectivity index (χ3n) is 5.40. The van der Waals surface area contributed by atoms with Crippen LogP contribution in [0.25, 0.3) is 16.9 Å². The summed E-state index contributed by atoms with van der Waals surface area (Å²) in [6.07, 6.45) is 0.346. The Bertz CT molecular complexity index is 1510. The third-order valence-corrected chi connectivity index (χ3v) is 5.40. The van der Waals surface area contributed by atoms with Crippen LogP contribution in [0.5, 0.6) is 0 Å². The van der Waals surface area contributed by atoms with Gasteiger partial charge >= 0.3 is 6.18 Å². The number of alkyl halides is 3. The van der Waals surface area contributed by atoms with E-state index in [0.29, 0.717) is 23.4 Å². The summed E-state index contributed by atoms with van der Waals surface area (Å²) in [6, 6.07) is 3.69. The summed E-state index contributed by atoms with van der Waals surface area (Å²) in [4.78, 5) is 29.3. The number of hydrogen-bond donors (Lipinski definition) is 1. The number of aryl methyl sites for hydroxylation is 1. The highest BCUT2D eigenvalue weighted by Gasteiger charge is 2.35. The van der Waals surface area contributed by atoms with Crippen LogP contribution >= 0.6 is 0 Å². The molecular formula is C23H17F5N6O2. The smallest absolute Gasteiger partial charge is 0.345 e. The Morgan fingerprint density at radius 3 is 2.53 bits per heavy atom. The molecule has 0 saturated carbocycles. The van der Waals surface area contributed by atoms with E-state index in [4.69, 9.17) is 0 Å². The van der Waals surface area contributed by atoms with Gasteiger partial charge in [-0.25, -0.2) is 13.5 Å². The van der Waals surface area contributed by atoms with Gasteiger partial charge in [0.1, 0.15) is 5.82 Å². The normalized spacial score (nSPS) is 12.4. The predicted molar refractivity (Wildman–Crippen MR) is 117 cm³/mol. The molecule has 8 nitrogen and oxygen atoms in total. The third kappa shape index (κ3) is 4.72. The van der Waals surface area contributed by atoms with Gasteiger partial charge in [-0.15, -0.1) is 5.10 Å². The Morgan fingerprint density at radius 2 is 1.86 bits per heavy atom. The molecule has 0 saturated heterocycles. The lowest BCUT2D eigenvalue weighted by Gasteiger charge is -2.18. The minimum Gasteiger partial charge on any atom is -0.345 e. The van der Waals surface area contributed by atoms with Crippen molar-refractivity contribution in [2.75, 3.05) is 0 Å². The lowest BCUT2D eigenvalue weighted by atomic mass is 10.0. The maximum absolute atomic E-state index is 14.5. The summed E-state index contributed by atoms with van der Waals surface area (Å²) in [7, 11) is 1.64. The van der Waals surface area contributed by atoms with Crippen LogP contribution in [0.2, 0.25) is 0 Å². The number of carbonyl (C=O) groups excluding carboxylic acids is 1. The molecule has 0 aliphatic rings. The molecule has 0 aliphatic carbocycles. The van der Waals surface area contributed by atoms with Crippen LogP contribution in [0.3, 0.4) is 0 Å². The zero-order valence-electron chi connectivity index (χ0n) is 18.7. The van der Waals surface area contributed by atoms with Gasteiger partial charge in [0, 0.05) is 30.6 Å². The molecule has 0 radical (unpaired) electrons. The van der Waals surface area contributed by atoms with E-state index in [0.717, 1.165) is 22.9 Å². The summed E-state index contributed by atoms with van der Waals surface area (Å²) < 4.78 is 70.4. The number of pyridine rings is 2. The summed E-state index contributed by atoms with van der Waals surface area (Å²) in [5.41, 5.74) is -2.07. The lowest BCUT2D eigenvalue weighted by molar-refractivity contribution is -0.140. The number of halogens is 5. The van der Waals surface area contributed by atoms with Crippen molar-refractivity contribution in [2.45, 2.75) is 19.1 Å². The maximum atomic E-state index is 14.5. The monoisotopic (exact) mass is 504 g/mol. The van der Waals surface area contributed by atoms with Gasteiger partial charge in [0.2, 0.25) is 0 Å². The fraction of sp³-hybridized carbons (Fsp3) is 0.174. The minimum atomic E-state index is -4.92. The number of nitrogens with one attached hydrogen (secondary N) is 1. The van der Waals surface area contributed by atoms with Gasteiger partial charge in [0.15, 0.2) is 5.82 Å². The van der Waals surface area contributed by atoms with Crippen molar-refractivity contribution in [3.63, 3.8) is 0 Å². The van der Waals surface area contributed by atoms with Crippen LogP contribution in [0.1, 0.15) is 34.5 Å². The molecule has 13 heteroatoms. The highest BCUT2D eigenvalue weighted by molar-refractivity contribution is 5.94. The number of rotatable bonds is 5. The number of benzene rings is 1. The summed E-state index contributed by atoms with van der Waals surface area (Å²) >= 11 is 0. The Kier molecular flexibility index (Phi) is 6.39. The molecular weight excluding hydrogens is 487 g/mol. The van der Waals surface area contributed by atoms with E-state index in [2.05, 4.69) is 20.6 Å². The predicted octanol–water partition coefficient (Wildman–Crippen LogP) is 3.82. The van der Waals surface area contributed by atoms with Gasteiger partial charge in [-0.2, -0.15) is 13.2 Å². The van der Waals surface area contributed by atoms with Crippen molar-refractivity contribution >= 4 is 5.91 Å². The molecule has 4 rings (SSSR count). The summed E-state index contributed by atoms with van der Waals surface area (Å²) in [5.74, 6) is -3.72. The average Bonchev–Trinajstić information content (AvgIpc) is 3.25. The molecule has 0 spiro atoms. The molecule has 0 bridgehead atoms. The van der Waals surface area contributed by atoms with Crippen LogP contribution in [0.4, 0.5) is 22.0 Å². The molecule has 0 fully saturated rings. The SMILES string of the molecule is C[C@@H](NC(=O)c1cc(F)c(=O)n(-c2cncc(-c3cnnn3C)c2)c1)c1cccc(C(F)(F)F)c1F. The topological polar surface area (TPSA) is 94.7 Å². The molecule has 1 aromatic carbocycles. The molecule has 186 valence electrons. The van der Waals surface area contributed by atoms with Crippen molar-refractivity contribution in [3.8, 4) is 16.9 Å². The Balaban J connectivity index is 1.66. The van der Waals surface area contributed by atoms with E-state index in [9.17, 15) is 31.5 Å². The fourth-order valence-corrected chi connectivity index (χ4v) is 3.58. The van der Waals surface area contributed by atoms with Crippen LogP contribution in [0.15, 0.2) is 59.9 Å². The molecule has 1 amide bonds. The maximum Gasteiger partial charge on any atom is 0.419 e. The first-order chi connectivity index (χ1) is 17.0. The minimum absolute atomic E-state index is 0.129. The highest BCUT2D eigenvalue weighted by atomic mass is 19.4. The average molecular weight is 504 g/mol. The molecule has 36 heavy (non-hydrogen) atoms. The van der Waals surface area contributed by atoms with Crippen LogP contribution in [-0.4, -0.2) is 30.5 Å². The Morgan fingerprint density at radius 1 is 1.11 bits per heavy atom. The highest BCUT2D eigenvalue weighted by Crippen LogP contribution is 2.34. The molecule has 4 aromatic rings. The van der Waals surface area contributed by atoms with Gasteiger partial charge in [-0.1, -0.05) is 17.3 Å². The van der Waals surface area contributed by atoms with Crippen molar-refractivity contribution in [1.82, 2.24) is 29.9 Å². The fourth-order valence-electron chi connectivity index (χ4n) is 3.58. The van der Waals surface area contributed by atoms with Crippen LogP contribution in [-0.2, 0) is 13.2 Å². The molecule has 1 N–H and O–H groups in total. The first-order valence-electron chi connectivity index (χ1n) is 10.4. The quantitative estimate of drug-likeness (QED) is 0.417. The van der Waals surface area contributed by atoms with Crippen LogP contribution in [0, 0.1) is 11.6 Å². The second kappa shape index (κ2) is 9.32. The first kappa shape index (κ1) is 24.7. The molecule has 3 aromatic heterocycles. The van der Waals surface area contributed by atoms with Crippen molar-refractivity contribution < 1.29 is 26.7 Å². The van der Waals surface area contributed by atoms with Crippen LogP contribution < -0.4 is 10.9 Å². The zero-order chi connectivity index (χ0) is 26.2. The van der Waals surface area contributed by atoms with Crippen molar-refractivity contribution in [2.24, 2.45) is 7.05 Å². The second-order valence-electron chi connectivity index (χ2n) is 7.83. The summed E-state index contributed by atoms with van der Waals surface area (Å²) in [6.45, 7) is 1.28. The largest absolute Gasteiger partial charge is 0.419 e. The van der Waals surface area contributed by atoms with Crippen molar-refractivity contribution in [3.05, 3.63) is 93.8 Å². The number of hydrogen-bond acceptors (Lipinski definition) is 5. The van der Waals surface area contributed by atoms with Crippen molar-refractivity contribution in [1.29, 1.82) is 0 Å². The van der Waals surface area contributed by atoms with E-state index in [1.165, 1.54) is 36.3 Å². The molecule has 0 unspecified atom stereocenters. The first-order valence-corrected chi connectivity index (χ1v) is 10.4. The van der Waals surface area contributed by atoms with E-state index in [1.807, 2.05) is 0 Å². The molecule has 1 atom stereocenters. The Hall–Kier alpha value is -4.42. The number of amides is 1. The van der Waals surface area contributed by atoms with Gasteiger partial charge < -0.3 is 5.32 Å². The zero-order valence-corrected chi connectivity index (χ0v) is 18.7. The van der Waals surface area contributed by atoms with Gasteiger partial charge in [0.05, 0.1) is 40.9 Å². The van der Waals surface area contributed by atoms with E-state index in [1.54, 1.807) is 7.05 Å². The summed E-state index contributed by atoms with van der Waals surface area (Å²) in [5, 5.41) is 9.91. The lowest BCUT2D eigenvalue weighted by Crippen LogP contribution is -2.30. The van der Waals surface area contributed by atoms with Gasteiger partial charge in [-0.05, 0) is 25.1 Å². The van der Waals surface area contributed by atoms with E-state index >= 15 is 0 Å². The molecule has 0 aliphatic heterocycles. The van der Waals surface area contributed by atoms with E-state index in [-0.39, 0.29) is 11.3 Å². The number of aromatic nitrogens is 5. The van der Waals surface area contributed by atoms with Gasteiger partial charge in [-0.3, -0.25) is 19.1 Å². The van der Waals surface area contributed by atoms with E-state index < -0.39 is 46.4 Å². The number of carbonyl (C=O) groups is 1.